The van der Waals surface area contributed by atoms with Gasteiger partial charge in [-0.15, -0.1) is 0 Å². The first-order valence-corrected chi connectivity index (χ1v) is 7.35. The second-order valence-electron chi connectivity index (χ2n) is 4.13. The number of ketones is 1. The van der Waals surface area contributed by atoms with Crippen LogP contribution in [0.3, 0.4) is 0 Å². The summed E-state index contributed by atoms with van der Waals surface area (Å²) in [5.74, 6) is 1.52. The Morgan fingerprint density at radius 2 is 2.05 bits per heavy atom. The molecule has 5 heteroatoms. The Hall–Kier alpha value is -1.88. The third-order valence-corrected chi connectivity index (χ3v) is 3.59. The van der Waals surface area contributed by atoms with E-state index in [2.05, 4.69) is 9.97 Å². The zero-order valence-electron chi connectivity index (χ0n) is 11.5. The first kappa shape index (κ1) is 14.5. The quantitative estimate of drug-likeness (QED) is 0.463. The Kier molecular flexibility index (Phi) is 5.12. The molecule has 1 aromatic carbocycles. The van der Waals surface area contributed by atoms with E-state index < -0.39 is 0 Å². The van der Waals surface area contributed by atoms with E-state index in [1.54, 1.807) is 31.5 Å². The van der Waals surface area contributed by atoms with Crippen LogP contribution in [0.4, 0.5) is 0 Å². The van der Waals surface area contributed by atoms with Gasteiger partial charge in [0, 0.05) is 29.3 Å². The average molecular weight is 288 g/mol. The molecule has 104 valence electrons. The van der Waals surface area contributed by atoms with Crippen molar-refractivity contribution in [1.82, 2.24) is 9.97 Å². The minimum Gasteiger partial charge on any atom is -0.494 e. The first-order valence-electron chi connectivity index (χ1n) is 6.37. The molecule has 1 heterocycles. The highest BCUT2D eigenvalue weighted by atomic mass is 32.2. The molecule has 0 saturated heterocycles. The summed E-state index contributed by atoms with van der Waals surface area (Å²) in [7, 11) is 0. The molecule has 0 bridgehead atoms. The zero-order chi connectivity index (χ0) is 14.4. The number of carbonyl (C=O) groups is 1. The molecule has 20 heavy (non-hydrogen) atoms. The fraction of sp³-hybridized carbons (Fsp3) is 0.267. The van der Waals surface area contributed by atoms with Crippen LogP contribution in [0.5, 0.6) is 5.75 Å². The van der Waals surface area contributed by atoms with Crippen molar-refractivity contribution in [3.05, 3.63) is 47.8 Å². The Morgan fingerprint density at radius 1 is 1.30 bits per heavy atom. The lowest BCUT2D eigenvalue weighted by Crippen LogP contribution is -1.99. The van der Waals surface area contributed by atoms with Crippen LogP contribution in [0.2, 0.25) is 0 Å². The molecule has 0 amide bonds. The van der Waals surface area contributed by atoms with E-state index in [0.29, 0.717) is 23.1 Å². The normalized spacial score (nSPS) is 10.3. The molecule has 0 aliphatic rings. The largest absolute Gasteiger partial charge is 0.494 e. The van der Waals surface area contributed by atoms with E-state index in [9.17, 15) is 4.79 Å². The lowest BCUT2D eigenvalue weighted by molar-refractivity contribution is 0.101. The number of rotatable bonds is 6. The number of Topliss-reactive ketones (excluding diaryl/α,β-unsaturated/α-hetero) is 1. The maximum absolute atomic E-state index is 11.5. The maximum atomic E-state index is 11.5. The predicted octanol–water partition coefficient (Wildman–Crippen LogP) is 3.37. The average Bonchev–Trinajstić information content (AvgIpc) is 2.47. The molecule has 0 saturated carbocycles. The summed E-state index contributed by atoms with van der Waals surface area (Å²) < 4.78 is 5.59. The topological polar surface area (TPSA) is 52.1 Å². The van der Waals surface area contributed by atoms with Crippen molar-refractivity contribution in [1.29, 1.82) is 0 Å². The zero-order valence-corrected chi connectivity index (χ0v) is 12.3. The van der Waals surface area contributed by atoms with Crippen LogP contribution in [-0.4, -0.2) is 22.4 Å². The Morgan fingerprint density at radius 3 is 2.70 bits per heavy atom. The molecule has 0 fully saturated rings. The summed E-state index contributed by atoms with van der Waals surface area (Å²) in [6.45, 7) is 4.10. The van der Waals surface area contributed by atoms with Crippen LogP contribution in [0.15, 0.2) is 41.8 Å². The molecule has 0 N–H and O–H groups in total. The van der Waals surface area contributed by atoms with Crippen molar-refractivity contribution in [3.63, 3.8) is 0 Å². The van der Waals surface area contributed by atoms with Gasteiger partial charge in [-0.05, 0) is 38.1 Å². The molecule has 0 aliphatic carbocycles. The minimum absolute atomic E-state index is 0.0512. The molecule has 0 radical (unpaired) electrons. The van der Waals surface area contributed by atoms with Gasteiger partial charge in [-0.1, -0.05) is 11.8 Å². The maximum Gasteiger partial charge on any atom is 0.187 e. The third-order valence-electron chi connectivity index (χ3n) is 2.67. The highest BCUT2D eigenvalue weighted by molar-refractivity contribution is 7.98. The number of hydrogen-bond acceptors (Lipinski definition) is 5. The highest BCUT2D eigenvalue weighted by Gasteiger charge is 2.09. The van der Waals surface area contributed by atoms with Gasteiger partial charge < -0.3 is 4.74 Å². The van der Waals surface area contributed by atoms with Crippen LogP contribution < -0.4 is 4.74 Å². The Bertz CT molecular complexity index is 588. The van der Waals surface area contributed by atoms with E-state index in [1.165, 1.54) is 11.8 Å². The van der Waals surface area contributed by atoms with Gasteiger partial charge >= 0.3 is 0 Å². The number of carbonyl (C=O) groups excluding carboxylic acids is 1. The van der Waals surface area contributed by atoms with E-state index in [0.717, 1.165) is 11.3 Å². The minimum atomic E-state index is 0.0512. The number of thioether (sulfide) groups is 1. The molecule has 0 spiro atoms. The van der Waals surface area contributed by atoms with Crippen LogP contribution >= 0.6 is 11.8 Å². The van der Waals surface area contributed by atoms with Gasteiger partial charge in [0.25, 0.3) is 0 Å². The number of ether oxygens (including phenoxy) is 1. The standard InChI is InChI=1S/C15H16N2O2S/c1-3-19-14-6-5-12(11(2)18)9-13(14)10-20-15-16-7-4-8-17-15/h4-9H,3,10H2,1-2H3. The SMILES string of the molecule is CCOc1ccc(C(C)=O)cc1CSc1ncccn1. The first-order chi connectivity index (χ1) is 9.70. The molecule has 0 atom stereocenters. The number of benzene rings is 1. The fourth-order valence-electron chi connectivity index (χ4n) is 1.71. The van der Waals surface area contributed by atoms with Crippen LogP contribution in [0, 0.1) is 0 Å². The summed E-state index contributed by atoms with van der Waals surface area (Å²) in [6.07, 6.45) is 3.43. The molecular formula is C15H16N2O2S. The molecule has 2 aromatic rings. The van der Waals surface area contributed by atoms with Gasteiger partial charge in [0.15, 0.2) is 10.9 Å². The summed E-state index contributed by atoms with van der Waals surface area (Å²) in [4.78, 5) is 19.8. The van der Waals surface area contributed by atoms with Crippen molar-refractivity contribution >= 4 is 17.5 Å². The number of nitrogens with zero attached hydrogens (tertiary/aromatic N) is 2. The second kappa shape index (κ2) is 7.05. The van der Waals surface area contributed by atoms with E-state index in [4.69, 9.17) is 4.74 Å². The predicted molar refractivity (Wildman–Crippen MR) is 79.2 cm³/mol. The van der Waals surface area contributed by atoms with E-state index >= 15 is 0 Å². The van der Waals surface area contributed by atoms with Crippen molar-refractivity contribution < 1.29 is 9.53 Å². The van der Waals surface area contributed by atoms with Gasteiger partial charge in [0.1, 0.15) is 5.75 Å². The smallest absolute Gasteiger partial charge is 0.187 e. The van der Waals surface area contributed by atoms with Crippen molar-refractivity contribution in [3.8, 4) is 5.75 Å². The number of hydrogen-bond donors (Lipinski definition) is 0. The van der Waals surface area contributed by atoms with Crippen molar-refractivity contribution in [2.75, 3.05) is 6.61 Å². The highest BCUT2D eigenvalue weighted by Crippen LogP contribution is 2.27. The van der Waals surface area contributed by atoms with Crippen LogP contribution in [0.25, 0.3) is 0 Å². The molecule has 0 aliphatic heterocycles. The lowest BCUT2D eigenvalue weighted by atomic mass is 10.1. The summed E-state index contributed by atoms with van der Waals surface area (Å²) in [6, 6.07) is 7.30. The van der Waals surface area contributed by atoms with Crippen molar-refractivity contribution in [2.45, 2.75) is 24.8 Å². The summed E-state index contributed by atoms with van der Waals surface area (Å²) >= 11 is 1.52. The van der Waals surface area contributed by atoms with Gasteiger partial charge in [0.2, 0.25) is 0 Å². The molecule has 2 rings (SSSR count). The molecule has 0 unspecified atom stereocenters. The molecule has 1 aromatic heterocycles. The third kappa shape index (κ3) is 3.81. The molecular weight excluding hydrogens is 272 g/mol. The van der Waals surface area contributed by atoms with Gasteiger partial charge in [0.05, 0.1) is 6.61 Å². The van der Waals surface area contributed by atoms with Crippen LogP contribution in [-0.2, 0) is 5.75 Å². The fourth-order valence-corrected chi connectivity index (χ4v) is 2.49. The van der Waals surface area contributed by atoms with Crippen LogP contribution in [0.1, 0.15) is 29.8 Å². The number of aromatic nitrogens is 2. The Labute approximate surface area is 122 Å². The summed E-state index contributed by atoms with van der Waals surface area (Å²) in [5, 5.41) is 0.711. The summed E-state index contributed by atoms with van der Waals surface area (Å²) in [5.41, 5.74) is 1.68. The van der Waals surface area contributed by atoms with Gasteiger partial charge in [-0.3, -0.25) is 4.79 Å². The van der Waals surface area contributed by atoms with E-state index in [1.807, 2.05) is 19.1 Å². The van der Waals surface area contributed by atoms with Crippen molar-refractivity contribution in [2.24, 2.45) is 0 Å². The Balaban J connectivity index is 2.19. The lowest BCUT2D eigenvalue weighted by Gasteiger charge is -2.10. The van der Waals surface area contributed by atoms with Gasteiger partial charge in [-0.25, -0.2) is 9.97 Å². The molecule has 4 nitrogen and oxygen atoms in total. The monoisotopic (exact) mass is 288 g/mol. The second-order valence-corrected chi connectivity index (χ2v) is 5.07. The van der Waals surface area contributed by atoms with E-state index in [-0.39, 0.29) is 5.78 Å². The van der Waals surface area contributed by atoms with Gasteiger partial charge in [-0.2, -0.15) is 0 Å².